The van der Waals surface area contributed by atoms with Gasteiger partial charge in [-0.2, -0.15) is 0 Å². The van der Waals surface area contributed by atoms with Crippen molar-refractivity contribution in [3.05, 3.63) is 58.9 Å². The number of halogens is 2. The van der Waals surface area contributed by atoms with Crippen LogP contribution in [0.1, 0.15) is 23.2 Å². The van der Waals surface area contributed by atoms with Crippen LogP contribution < -0.4 is 10.0 Å². The number of hydrogen-bond donors (Lipinski definition) is 2. The van der Waals surface area contributed by atoms with E-state index in [1.54, 1.807) is 0 Å². The van der Waals surface area contributed by atoms with Crippen LogP contribution >= 0.6 is 11.6 Å². The number of hydrogen-bond acceptors (Lipinski definition) is 4. The molecular formula is C18H18ClFN2O4S. The summed E-state index contributed by atoms with van der Waals surface area (Å²) in [5.41, 5.74) is 0.319. The molecule has 3 rings (SSSR count). The van der Waals surface area contributed by atoms with Crippen molar-refractivity contribution in [1.29, 1.82) is 0 Å². The molecule has 2 aromatic carbocycles. The van der Waals surface area contributed by atoms with Crippen LogP contribution in [-0.4, -0.2) is 33.6 Å². The first-order valence-electron chi connectivity index (χ1n) is 8.33. The Morgan fingerprint density at radius 3 is 2.63 bits per heavy atom. The molecule has 2 aromatic rings. The number of ether oxygens (including phenoxy) is 1. The number of sulfonamides is 1. The highest BCUT2D eigenvalue weighted by molar-refractivity contribution is 7.92. The molecule has 0 bridgehead atoms. The third kappa shape index (κ3) is 4.97. The highest BCUT2D eigenvalue weighted by Gasteiger charge is 2.19. The lowest BCUT2D eigenvalue weighted by Crippen LogP contribution is -2.31. The monoisotopic (exact) mass is 412 g/mol. The van der Waals surface area contributed by atoms with E-state index in [1.165, 1.54) is 18.2 Å². The Hall–Kier alpha value is -2.16. The minimum Gasteiger partial charge on any atom is -0.376 e. The average molecular weight is 413 g/mol. The molecule has 1 aliphatic rings. The molecule has 1 fully saturated rings. The Morgan fingerprint density at radius 1 is 1.22 bits per heavy atom. The average Bonchev–Trinajstić information content (AvgIpc) is 3.15. The maximum absolute atomic E-state index is 13.0. The highest BCUT2D eigenvalue weighted by atomic mass is 35.5. The lowest BCUT2D eigenvalue weighted by Gasteiger charge is -2.13. The van der Waals surface area contributed by atoms with E-state index in [4.69, 9.17) is 16.3 Å². The molecule has 9 heteroatoms. The minimum absolute atomic E-state index is 0.00213. The van der Waals surface area contributed by atoms with Gasteiger partial charge in [0.2, 0.25) is 0 Å². The van der Waals surface area contributed by atoms with Gasteiger partial charge in [-0.25, -0.2) is 12.8 Å². The Morgan fingerprint density at radius 2 is 1.96 bits per heavy atom. The number of anilines is 1. The summed E-state index contributed by atoms with van der Waals surface area (Å²) in [5, 5.41) is 2.90. The fraction of sp³-hybridized carbons (Fsp3) is 0.278. The number of amides is 1. The molecule has 1 amide bonds. The smallest absolute Gasteiger partial charge is 0.261 e. The van der Waals surface area contributed by atoms with Gasteiger partial charge in [-0.1, -0.05) is 11.6 Å². The van der Waals surface area contributed by atoms with Crippen molar-refractivity contribution in [2.24, 2.45) is 0 Å². The van der Waals surface area contributed by atoms with Crippen molar-refractivity contribution in [1.82, 2.24) is 5.32 Å². The second kappa shape index (κ2) is 8.24. The lowest BCUT2D eigenvalue weighted by molar-refractivity contribution is 0.0858. The molecule has 2 N–H and O–H groups in total. The molecule has 1 atom stereocenters. The third-order valence-electron chi connectivity index (χ3n) is 4.11. The van der Waals surface area contributed by atoms with Gasteiger partial charge in [-0.3, -0.25) is 9.52 Å². The van der Waals surface area contributed by atoms with E-state index in [9.17, 15) is 17.6 Å². The molecule has 0 aliphatic carbocycles. The van der Waals surface area contributed by atoms with Crippen LogP contribution in [0, 0.1) is 5.82 Å². The van der Waals surface area contributed by atoms with Gasteiger partial charge in [-0.05, 0) is 55.3 Å². The van der Waals surface area contributed by atoms with E-state index in [0.717, 1.165) is 37.1 Å². The Balaban J connectivity index is 1.74. The second-order valence-electron chi connectivity index (χ2n) is 6.10. The van der Waals surface area contributed by atoms with Crippen LogP contribution in [0.5, 0.6) is 0 Å². The summed E-state index contributed by atoms with van der Waals surface area (Å²) in [6.07, 6.45) is 1.86. The second-order valence-corrected chi connectivity index (χ2v) is 8.19. The van der Waals surface area contributed by atoms with Gasteiger partial charge < -0.3 is 10.1 Å². The number of carbonyl (C=O) groups excluding carboxylic acids is 1. The Labute approximate surface area is 161 Å². The lowest BCUT2D eigenvalue weighted by atomic mass is 10.2. The normalized spacial score (nSPS) is 16.9. The molecule has 1 unspecified atom stereocenters. The van der Waals surface area contributed by atoms with Crippen LogP contribution in [0.2, 0.25) is 5.02 Å². The number of carbonyl (C=O) groups is 1. The maximum atomic E-state index is 13.0. The van der Waals surface area contributed by atoms with Crippen molar-refractivity contribution in [2.45, 2.75) is 23.8 Å². The molecule has 1 aliphatic heterocycles. The van der Waals surface area contributed by atoms with Crippen LogP contribution in [0.15, 0.2) is 47.4 Å². The zero-order chi connectivity index (χ0) is 19.4. The predicted octanol–water partition coefficient (Wildman–Crippen LogP) is 3.19. The molecule has 0 radical (unpaired) electrons. The van der Waals surface area contributed by atoms with Crippen molar-refractivity contribution in [3.8, 4) is 0 Å². The van der Waals surface area contributed by atoms with Gasteiger partial charge in [0.25, 0.3) is 15.9 Å². The number of benzene rings is 2. The summed E-state index contributed by atoms with van der Waals surface area (Å²) < 4.78 is 45.7. The molecule has 144 valence electrons. The van der Waals surface area contributed by atoms with Crippen molar-refractivity contribution < 1.29 is 22.3 Å². The third-order valence-corrected chi connectivity index (χ3v) is 5.82. The first kappa shape index (κ1) is 19.6. The Kier molecular flexibility index (Phi) is 5.98. The number of nitrogens with one attached hydrogen (secondary N) is 2. The first-order valence-corrected chi connectivity index (χ1v) is 10.2. The topological polar surface area (TPSA) is 84.5 Å². The molecule has 1 heterocycles. The molecule has 1 saturated heterocycles. The van der Waals surface area contributed by atoms with Gasteiger partial charge in [0.05, 0.1) is 21.7 Å². The van der Waals surface area contributed by atoms with Gasteiger partial charge in [0, 0.05) is 18.7 Å². The molecule has 0 aromatic heterocycles. The fourth-order valence-corrected chi connectivity index (χ4v) is 3.97. The zero-order valence-corrected chi connectivity index (χ0v) is 15.8. The maximum Gasteiger partial charge on any atom is 0.261 e. The molecule has 6 nitrogen and oxygen atoms in total. The summed E-state index contributed by atoms with van der Waals surface area (Å²) in [5.74, 6) is -0.902. The van der Waals surface area contributed by atoms with Crippen molar-refractivity contribution >= 4 is 33.2 Å². The summed E-state index contributed by atoms with van der Waals surface area (Å²) >= 11 is 6.06. The fourth-order valence-electron chi connectivity index (χ4n) is 2.68. The number of rotatable bonds is 6. The summed E-state index contributed by atoms with van der Waals surface area (Å²) in [7, 11) is -3.97. The summed E-state index contributed by atoms with van der Waals surface area (Å²) in [6, 6.07) is 8.67. The van der Waals surface area contributed by atoms with Crippen molar-refractivity contribution in [2.75, 3.05) is 17.9 Å². The van der Waals surface area contributed by atoms with E-state index < -0.39 is 15.8 Å². The molecule has 0 spiro atoms. The summed E-state index contributed by atoms with van der Waals surface area (Å²) in [6.45, 7) is 1.08. The minimum atomic E-state index is -3.97. The van der Waals surface area contributed by atoms with E-state index in [-0.39, 0.29) is 33.2 Å². The summed E-state index contributed by atoms with van der Waals surface area (Å²) in [4.78, 5) is 12.2. The molecule has 0 saturated carbocycles. The first-order chi connectivity index (χ1) is 12.8. The van der Waals surface area contributed by atoms with Crippen LogP contribution in [0.4, 0.5) is 10.1 Å². The standard InChI is InChI=1S/C18H18ClFN2O4S/c19-16-8-3-12(18(23)21-11-14-2-1-9-26-14)10-17(16)22-27(24,25)15-6-4-13(20)5-7-15/h3-8,10,14,22H,1-2,9,11H2,(H,21,23). The van der Waals surface area contributed by atoms with Gasteiger partial charge >= 0.3 is 0 Å². The SMILES string of the molecule is O=C(NCC1CCCO1)c1ccc(Cl)c(NS(=O)(=O)c2ccc(F)cc2)c1. The van der Waals surface area contributed by atoms with Crippen LogP contribution in [-0.2, 0) is 14.8 Å². The van der Waals surface area contributed by atoms with Crippen molar-refractivity contribution in [3.63, 3.8) is 0 Å². The zero-order valence-electron chi connectivity index (χ0n) is 14.2. The van der Waals surface area contributed by atoms with Gasteiger partial charge in [0.1, 0.15) is 5.82 Å². The largest absolute Gasteiger partial charge is 0.376 e. The van der Waals surface area contributed by atoms with E-state index in [0.29, 0.717) is 13.2 Å². The quantitative estimate of drug-likeness (QED) is 0.763. The molecular weight excluding hydrogens is 395 g/mol. The molecule has 27 heavy (non-hydrogen) atoms. The van der Waals surface area contributed by atoms with Gasteiger partial charge in [0.15, 0.2) is 0 Å². The Bertz CT molecular complexity index is 929. The van der Waals surface area contributed by atoms with Crippen LogP contribution in [0.3, 0.4) is 0 Å². The van der Waals surface area contributed by atoms with E-state index >= 15 is 0 Å². The van der Waals surface area contributed by atoms with Gasteiger partial charge in [-0.15, -0.1) is 0 Å². The van der Waals surface area contributed by atoms with Crippen LogP contribution in [0.25, 0.3) is 0 Å². The highest BCUT2D eigenvalue weighted by Crippen LogP contribution is 2.26. The van der Waals surface area contributed by atoms with E-state index in [1.807, 2.05) is 0 Å². The van der Waals surface area contributed by atoms with E-state index in [2.05, 4.69) is 10.0 Å². The predicted molar refractivity (Wildman–Crippen MR) is 100.0 cm³/mol.